The van der Waals surface area contributed by atoms with Crippen LogP contribution in [0.3, 0.4) is 0 Å². The SMILES string of the molecule is O=S(=O)(O)COCc1ccccc1. The van der Waals surface area contributed by atoms with Crippen LogP contribution in [0.5, 0.6) is 0 Å². The van der Waals surface area contributed by atoms with Gasteiger partial charge in [0.2, 0.25) is 0 Å². The molecule has 0 saturated carbocycles. The van der Waals surface area contributed by atoms with Gasteiger partial charge in [0.25, 0.3) is 10.1 Å². The van der Waals surface area contributed by atoms with E-state index < -0.39 is 16.1 Å². The molecule has 0 spiro atoms. The summed E-state index contributed by atoms with van der Waals surface area (Å²) in [6.07, 6.45) is 0. The van der Waals surface area contributed by atoms with E-state index in [0.717, 1.165) is 5.56 Å². The van der Waals surface area contributed by atoms with E-state index in [1.807, 2.05) is 30.3 Å². The Morgan fingerprint density at radius 3 is 2.38 bits per heavy atom. The Morgan fingerprint density at radius 2 is 1.85 bits per heavy atom. The van der Waals surface area contributed by atoms with E-state index in [0.29, 0.717) is 0 Å². The van der Waals surface area contributed by atoms with Crippen molar-refractivity contribution in [1.29, 1.82) is 0 Å². The third kappa shape index (κ3) is 4.62. The van der Waals surface area contributed by atoms with Crippen LogP contribution in [0, 0.1) is 0 Å². The van der Waals surface area contributed by atoms with Gasteiger partial charge < -0.3 is 4.74 Å². The minimum atomic E-state index is -4.02. The molecule has 0 bridgehead atoms. The Balaban J connectivity index is 2.37. The molecule has 1 aromatic rings. The van der Waals surface area contributed by atoms with Gasteiger partial charge in [-0.3, -0.25) is 4.55 Å². The van der Waals surface area contributed by atoms with E-state index in [4.69, 9.17) is 9.29 Å². The number of benzene rings is 1. The Morgan fingerprint density at radius 1 is 1.23 bits per heavy atom. The second kappa shape index (κ2) is 4.36. The van der Waals surface area contributed by atoms with Crippen LogP contribution in [0.2, 0.25) is 0 Å². The number of rotatable bonds is 4. The predicted molar refractivity (Wildman–Crippen MR) is 47.6 cm³/mol. The summed E-state index contributed by atoms with van der Waals surface area (Å²) >= 11 is 0. The van der Waals surface area contributed by atoms with Crippen LogP contribution < -0.4 is 0 Å². The molecule has 0 aliphatic carbocycles. The lowest BCUT2D eigenvalue weighted by Gasteiger charge is -2.01. The summed E-state index contributed by atoms with van der Waals surface area (Å²) in [5, 5.41) is 0. The van der Waals surface area contributed by atoms with Gasteiger partial charge in [-0.1, -0.05) is 30.3 Å². The maximum absolute atomic E-state index is 10.3. The molecule has 72 valence electrons. The minimum absolute atomic E-state index is 0.181. The number of hydrogen-bond donors (Lipinski definition) is 1. The van der Waals surface area contributed by atoms with Crippen molar-refractivity contribution in [2.24, 2.45) is 0 Å². The zero-order chi connectivity index (χ0) is 9.73. The summed E-state index contributed by atoms with van der Waals surface area (Å²) in [5.74, 6) is -0.665. The molecule has 0 fully saturated rings. The molecule has 0 radical (unpaired) electrons. The lowest BCUT2D eigenvalue weighted by Crippen LogP contribution is -2.07. The molecule has 4 nitrogen and oxygen atoms in total. The van der Waals surface area contributed by atoms with E-state index >= 15 is 0 Å². The fraction of sp³-hybridized carbons (Fsp3) is 0.250. The molecular weight excluding hydrogens is 192 g/mol. The normalized spacial score (nSPS) is 11.5. The van der Waals surface area contributed by atoms with Gasteiger partial charge in [0.15, 0.2) is 5.94 Å². The molecule has 0 amide bonds. The molecule has 1 aromatic carbocycles. The van der Waals surface area contributed by atoms with Gasteiger partial charge in [-0.05, 0) is 5.56 Å². The lowest BCUT2D eigenvalue weighted by atomic mass is 10.2. The highest BCUT2D eigenvalue weighted by atomic mass is 32.2. The van der Waals surface area contributed by atoms with Crippen LogP contribution in [0.25, 0.3) is 0 Å². The minimum Gasteiger partial charge on any atom is -0.358 e. The molecule has 0 aliphatic rings. The standard InChI is InChI=1S/C8H10O4S/c9-13(10,11)7-12-6-8-4-2-1-3-5-8/h1-5H,6-7H2,(H,9,10,11). The second-order valence-corrected chi connectivity index (χ2v) is 3.93. The maximum Gasteiger partial charge on any atom is 0.289 e. The van der Waals surface area contributed by atoms with Crippen molar-refractivity contribution >= 4 is 10.1 Å². The van der Waals surface area contributed by atoms with Crippen LogP contribution in [-0.4, -0.2) is 18.9 Å². The average molecular weight is 202 g/mol. The molecule has 13 heavy (non-hydrogen) atoms. The zero-order valence-electron chi connectivity index (χ0n) is 6.88. The third-order valence-electron chi connectivity index (χ3n) is 1.34. The van der Waals surface area contributed by atoms with E-state index in [-0.39, 0.29) is 6.61 Å². The average Bonchev–Trinajstić information content (AvgIpc) is 2.04. The van der Waals surface area contributed by atoms with E-state index in [2.05, 4.69) is 0 Å². The van der Waals surface area contributed by atoms with Crippen molar-refractivity contribution < 1.29 is 17.7 Å². The van der Waals surface area contributed by atoms with Crippen molar-refractivity contribution in [3.8, 4) is 0 Å². The first kappa shape index (κ1) is 10.2. The zero-order valence-corrected chi connectivity index (χ0v) is 7.70. The molecule has 1 N–H and O–H groups in total. The lowest BCUT2D eigenvalue weighted by molar-refractivity contribution is 0.157. The molecule has 5 heteroatoms. The number of hydrogen-bond acceptors (Lipinski definition) is 3. The highest BCUT2D eigenvalue weighted by Crippen LogP contribution is 2.00. The molecule has 0 unspecified atom stereocenters. The van der Waals surface area contributed by atoms with Crippen LogP contribution in [0.1, 0.15) is 5.56 Å². The molecular formula is C8H10O4S. The van der Waals surface area contributed by atoms with Crippen molar-refractivity contribution in [2.75, 3.05) is 5.94 Å². The van der Waals surface area contributed by atoms with Gasteiger partial charge in [0, 0.05) is 0 Å². The molecule has 0 atom stereocenters. The molecule has 0 aliphatic heterocycles. The fourth-order valence-corrected chi connectivity index (χ4v) is 1.13. The summed E-state index contributed by atoms with van der Waals surface area (Å²) in [6.45, 7) is 0.181. The number of ether oxygens (including phenoxy) is 1. The first-order valence-electron chi connectivity index (χ1n) is 3.65. The van der Waals surface area contributed by atoms with Gasteiger partial charge in [0.05, 0.1) is 6.61 Å². The first-order valence-corrected chi connectivity index (χ1v) is 5.26. The Kier molecular flexibility index (Phi) is 3.41. The van der Waals surface area contributed by atoms with Gasteiger partial charge in [-0.2, -0.15) is 8.42 Å². The van der Waals surface area contributed by atoms with Gasteiger partial charge >= 0.3 is 0 Å². The Hall–Kier alpha value is -0.910. The van der Waals surface area contributed by atoms with Crippen molar-refractivity contribution in [3.63, 3.8) is 0 Å². The molecule has 0 heterocycles. The monoisotopic (exact) mass is 202 g/mol. The van der Waals surface area contributed by atoms with E-state index in [9.17, 15) is 8.42 Å². The maximum atomic E-state index is 10.3. The first-order chi connectivity index (χ1) is 6.08. The second-order valence-electron chi connectivity index (χ2n) is 2.53. The van der Waals surface area contributed by atoms with Gasteiger partial charge in [-0.15, -0.1) is 0 Å². The molecule has 0 saturated heterocycles. The van der Waals surface area contributed by atoms with Crippen LogP contribution in [-0.2, 0) is 21.5 Å². The van der Waals surface area contributed by atoms with Gasteiger partial charge in [0.1, 0.15) is 0 Å². The van der Waals surface area contributed by atoms with Crippen LogP contribution in [0.4, 0.5) is 0 Å². The third-order valence-corrected chi connectivity index (χ3v) is 1.81. The summed E-state index contributed by atoms with van der Waals surface area (Å²) < 4.78 is 33.6. The van der Waals surface area contributed by atoms with E-state index in [1.54, 1.807) is 0 Å². The fourth-order valence-electron chi connectivity index (χ4n) is 0.839. The smallest absolute Gasteiger partial charge is 0.289 e. The highest BCUT2D eigenvalue weighted by Gasteiger charge is 2.03. The van der Waals surface area contributed by atoms with E-state index in [1.165, 1.54) is 0 Å². The van der Waals surface area contributed by atoms with Crippen LogP contribution in [0.15, 0.2) is 30.3 Å². The topological polar surface area (TPSA) is 63.6 Å². The van der Waals surface area contributed by atoms with Crippen LogP contribution >= 0.6 is 0 Å². The summed E-state index contributed by atoms with van der Waals surface area (Å²) in [4.78, 5) is 0. The quantitative estimate of drug-likeness (QED) is 0.741. The van der Waals surface area contributed by atoms with Gasteiger partial charge in [-0.25, -0.2) is 0 Å². The van der Waals surface area contributed by atoms with Crippen molar-refractivity contribution in [3.05, 3.63) is 35.9 Å². The summed E-state index contributed by atoms with van der Waals surface area (Å²) in [5.41, 5.74) is 0.867. The summed E-state index contributed by atoms with van der Waals surface area (Å²) in [6, 6.07) is 9.12. The summed E-state index contributed by atoms with van der Waals surface area (Å²) in [7, 11) is -4.02. The Bertz CT molecular complexity index is 344. The molecule has 0 aromatic heterocycles. The highest BCUT2D eigenvalue weighted by molar-refractivity contribution is 7.85. The van der Waals surface area contributed by atoms with Crippen molar-refractivity contribution in [2.45, 2.75) is 6.61 Å². The largest absolute Gasteiger partial charge is 0.358 e. The Labute approximate surface area is 76.9 Å². The van der Waals surface area contributed by atoms with Crippen molar-refractivity contribution in [1.82, 2.24) is 0 Å². The predicted octanol–water partition coefficient (Wildman–Crippen LogP) is 1.05. The molecule has 1 rings (SSSR count).